The summed E-state index contributed by atoms with van der Waals surface area (Å²) in [5, 5.41) is 12.3. The number of nitrogens with zero attached hydrogens (tertiary/aromatic N) is 5. The fraction of sp³-hybridized carbons (Fsp3) is 0.176. The summed E-state index contributed by atoms with van der Waals surface area (Å²) in [7, 11) is 0. The van der Waals surface area contributed by atoms with E-state index in [1.165, 1.54) is 0 Å². The fourth-order valence-electron chi connectivity index (χ4n) is 2.86. The number of aromatic nitrogens is 5. The van der Waals surface area contributed by atoms with E-state index in [0.717, 1.165) is 33.1 Å². The maximum absolute atomic E-state index is 8.63. The van der Waals surface area contributed by atoms with Gasteiger partial charge in [-0.2, -0.15) is 0 Å². The first-order valence-corrected chi connectivity index (χ1v) is 8.46. The molecule has 0 aromatic carbocycles. The Kier molecular flexibility index (Phi) is 3.50. The van der Waals surface area contributed by atoms with E-state index in [-0.39, 0.29) is 0 Å². The van der Waals surface area contributed by atoms with Crippen molar-refractivity contribution in [2.24, 2.45) is 0 Å². The molecule has 6 nitrogen and oxygen atoms in total. The topological polar surface area (TPSA) is 72.4 Å². The molecule has 0 fully saturated rings. The minimum atomic E-state index is 0.446. The number of hydrogen-bond donors (Lipinski definition) is 1. The van der Waals surface area contributed by atoms with Gasteiger partial charge in [-0.1, -0.05) is 6.07 Å². The Balaban J connectivity index is 1.92. The summed E-state index contributed by atoms with van der Waals surface area (Å²) in [5.74, 6) is 0. The smallest absolute Gasteiger partial charge is 0.195 e. The van der Waals surface area contributed by atoms with Crippen LogP contribution in [0.2, 0.25) is 0 Å². The number of hydrogen-bond acceptors (Lipinski definition) is 5. The largest absolute Gasteiger partial charge is 0.311 e. The van der Waals surface area contributed by atoms with E-state index in [2.05, 4.69) is 15.0 Å². The highest BCUT2D eigenvalue weighted by Gasteiger charge is 2.17. The van der Waals surface area contributed by atoms with Crippen LogP contribution in [-0.2, 0) is 6.54 Å². The first-order chi connectivity index (χ1) is 11.7. The molecule has 0 atom stereocenters. The van der Waals surface area contributed by atoms with Crippen molar-refractivity contribution < 1.29 is 0 Å². The maximum atomic E-state index is 8.63. The van der Waals surface area contributed by atoms with E-state index in [1.54, 1.807) is 30.1 Å². The van der Waals surface area contributed by atoms with E-state index in [4.69, 9.17) is 5.41 Å². The lowest BCUT2D eigenvalue weighted by atomic mass is 10.2. The first kappa shape index (κ1) is 14.8. The molecular weight excluding hydrogens is 320 g/mol. The van der Waals surface area contributed by atoms with Gasteiger partial charge in [-0.05, 0) is 31.5 Å². The monoisotopic (exact) mass is 336 g/mol. The van der Waals surface area contributed by atoms with Gasteiger partial charge in [-0.3, -0.25) is 15.0 Å². The molecule has 0 amide bonds. The molecule has 120 valence electrons. The molecule has 0 aliphatic carbocycles. The Morgan fingerprint density at radius 3 is 2.71 bits per heavy atom. The lowest BCUT2D eigenvalue weighted by Gasteiger charge is -2.07. The Hall–Kier alpha value is -2.80. The normalized spacial score (nSPS) is 11.2. The minimum absolute atomic E-state index is 0.446. The Morgan fingerprint density at radius 1 is 1.12 bits per heavy atom. The van der Waals surface area contributed by atoms with Crippen molar-refractivity contribution in [2.75, 3.05) is 0 Å². The number of rotatable bonds is 3. The second kappa shape index (κ2) is 5.68. The van der Waals surface area contributed by atoms with E-state index in [1.807, 2.05) is 46.6 Å². The third-order valence-corrected chi connectivity index (χ3v) is 4.96. The van der Waals surface area contributed by atoms with Gasteiger partial charge in [0.05, 0.1) is 24.0 Å². The highest BCUT2D eigenvalue weighted by atomic mass is 32.1. The zero-order valence-electron chi connectivity index (χ0n) is 13.4. The van der Waals surface area contributed by atoms with E-state index in [9.17, 15) is 0 Å². The Morgan fingerprint density at radius 2 is 2.00 bits per heavy atom. The Bertz CT molecular complexity index is 1060. The molecule has 0 saturated heterocycles. The summed E-state index contributed by atoms with van der Waals surface area (Å²) in [5.41, 5.74) is 4.26. The van der Waals surface area contributed by atoms with E-state index < -0.39 is 0 Å². The summed E-state index contributed by atoms with van der Waals surface area (Å²) < 4.78 is 3.85. The molecule has 0 unspecified atom stereocenters. The van der Waals surface area contributed by atoms with Crippen molar-refractivity contribution in [2.45, 2.75) is 20.4 Å². The van der Waals surface area contributed by atoms with Gasteiger partial charge in [0.1, 0.15) is 5.49 Å². The molecule has 0 saturated carbocycles. The van der Waals surface area contributed by atoms with Gasteiger partial charge in [0, 0.05) is 23.5 Å². The minimum Gasteiger partial charge on any atom is -0.311 e. The Labute approximate surface area is 142 Å². The van der Waals surface area contributed by atoms with Gasteiger partial charge in [-0.15, -0.1) is 11.3 Å². The lowest BCUT2D eigenvalue weighted by Crippen LogP contribution is -2.22. The number of fused-ring (bicyclic) bond motifs is 1. The van der Waals surface area contributed by atoms with Crippen molar-refractivity contribution in [3.63, 3.8) is 0 Å². The molecule has 4 aromatic heterocycles. The average molecular weight is 336 g/mol. The molecule has 1 N–H and O–H groups in total. The molecule has 0 bridgehead atoms. The summed E-state index contributed by atoms with van der Waals surface area (Å²) in [6, 6.07) is 5.79. The summed E-state index contributed by atoms with van der Waals surface area (Å²) in [6.45, 7) is 4.61. The van der Waals surface area contributed by atoms with Crippen molar-refractivity contribution >= 4 is 22.4 Å². The predicted molar refractivity (Wildman–Crippen MR) is 93.4 cm³/mol. The molecule has 0 spiro atoms. The molecular formula is C17H16N6S. The maximum Gasteiger partial charge on any atom is 0.195 e. The molecule has 0 aliphatic rings. The average Bonchev–Trinajstić information content (AvgIpc) is 3.19. The standard InChI is InChI=1S/C17H16N6S/c1-11-12(2)23(17-20-7-8-24-17)16-14(11)15(18)22(10-21-16)9-13-5-3-4-6-19-13/h3-8,10,18H,9H2,1-2H3. The highest BCUT2D eigenvalue weighted by molar-refractivity contribution is 7.12. The van der Waals surface area contributed by atoms with Gasteiger partial charge in [0.15, 0.2) is 10.8 Å². The summed E-state index contributed by atoms with van der Waals surface area (Å²) >= 11 is 1.56. The zero-order valence-corrected chi connectivity index (χ0v) is 14.2. The van der Waals surface area contributed by atoms with Crippen LogP contribution in [0.1, 0.15) is 17.0 Å². The van der Waals surface area contributed by atoms with Crippen LogP contribution in [0, 0.1) is 19.3 Å². The molecule has 4 heterocycles. The van der Waals surface area contributed by atoms with Gasteiger partial charge in [-0.25, -0.2) is 9.97 Å². The second-order valence-corrected chi connectivity index (χ2v) is 6.47. The molecule has 7 heteroatoms. The quantitative estimate of drug-likeness (QED) is 0.625. The van der Waals surface area contributed by atoms with Crippen LogP contribution in [0.15, 0.2) is 42.3 Å². The second-order valence-electron chi connectivity index (χ2n) is 5.60. The van der Waals surface area contributed by atoms with Crippen LogP contribution in [0.25, 0.3) is 16.2 Å². The van der Waals surface area contributed by atoms with Crippen LogP contribution in [0.4, 0.5) is 0 Å². The van der Waals surface area contributed by atoms with Crippen LogP contribution >= 0.6 is 11.3 Å². The van der Waals surface area contributed by atoms with Gasteiger partial charge < -0.3 is 4.57 Å². The van der Waals surface area contributed by atoms with Crippen molar-refractivity contribution in [1.29, 1.82) is 5.41 Å². The molecule has 4 rings (SSSR count). The third kappa shape index (κ3) is 2.25. The highest BCUT2D eigenvalue weighted by Crippen LogP contribution is 2.25. The third-order valence-electron chi connectivity index (χ3n) is 4.20. The molecule has 0 radical (unpaired) electrons. The number of thiazole rings is 1. The summed E-state index contributed by atoms with van der Waals surface area (Å²) in [6.07, 6.45) is 5.26. The van der Waals surface area contributed by atoms with Crippen LogP contribution < -0.4 is 5.49 Å². The predicted octanol–water partition coefficient (Wildman–Crippen LogP) is 2.82. The van der Waals surface area contributed by atoms with Crippen LogP contribution in [0.5, 0.6) is 0 Å². The SMILES string of the molecule is Cc1c(C)n(-c2nccs2)c2ncn(Cc3ccccn3)c(=N)c12. The van der Waals surface area contributed by atoms with Gasteiger partial charge in [0.25, 0.3) is 0 Å². The number of aryl methyl sites for hydroxylation is 1. The van der Waals surface area contributed by atoms with E-state index in [0.29, 0.717) is 12.0 Å². The van der Waals surface area contributed by atoms with Crippen molar-refractivity contribution in [3.8, 4) is 5.13 Å². The van der Waals surface area contributed by atoms with Gasteiger partial charge >= 0.3 is 0 Å². The molecule has 4 aromatic rings. The zero-order chi connectivity index (χ0) is 16.7. The number of nitrogens with one attached hydrogen (secondary N) is 1. The van der Waals surface area contributed by atoms with E-state index >= 15 is 0 Å². The fourth-order valence-corrected chi connectivity index (χ4v) is 3.56. The van der Waals surface area contributed by atoms with Crippen molar-refractivity contribution in [1.82, 2.24) is 24.1 Å². The lowest BCUT2D eigenvalue weighted by molar-refractivity contribution is 0.706. The molecule has 0 aliphatic heterocycles. The van der Waals surface area contributed by atoms with Crippen LogP contribution in [0.3, 0.4) is 0 Å². The van der Waals surface area contributed by atoms with Gasteiger partial charge in [0.2, 0.25) is 0 Å². The molecule has 24 heavy (non-hydrogen) atoms. The summed E-state index contributed by atoms with van der Waals surface area (Å²) in [4.78, 5) is 13.4. The van der Waals surface area contributed by atoms with Crippen LogP contribution in [-0.4, -0.2) is 24.1 Å². The van der Waals surface area contributed by atoms with Crippen molar-refractivity contribution in [3.05, 3.63) is 64.7 Å². The first-order valence-electron chi connectivity index (χ1n) is 7.58. The number of pyridine rings is 1.